The Morgan fingerprint density at radius 1 is 0.784 bits per heavy atom. The van der Waals surface area contributed by atoms with Crippen LogP contribution in [0.15, 0.2) is 77.2 Å². The maximum atomic E-state index is 15.7. The normalized spacial score (nSPS) is 12.1. The van der Waals surface area contributed by atoms with Crippen LogP contribution in [0.5, 0.6) is 0 Å². The van der Waals surface area contributed by atoms with Crippen LogP contribution in [0.25, 0.3) is 55.1 Å². The number of rotatable bonds is 2. The number of furan rings is 1. The molecule has 4 aromatic carbocycles. The van der Waals surface area contributed by atoms with Crippen molar-refractivity contribution in [2.75, 3.05) is 0 Å². The molecule has 0 aliphatic rings. The van der Waals surface area contributed by atoms with E-state index in [9.17, 15) is 0 Å². The van der Waals surface area contributed by atoms with E-state index in [2.05, 4.69) is 0 Å². The first-order valence-electron chi connectivity index (χ1n) is 12.5. The first-order chi connectivity index (χ1) is 17.6. The lowest BCUT2D eigenvalue weighted by molar-refractivity contribution is 0.529. The third-order valence-corrected chi connectivity index (χ3v) is 7.20. The lowest BCUT2D eigenvalue weighted by Crippen LogP contribution is -2.34. The molecule has 0 saturated carbocycles. The van der Waals surface area contributed by atoms with Crippen LogP contribution in [0.4, 0.5) is 8.78 Å². The van der Waals surface area contributed by atoms with Crippen LogP contribution >= 0.6 is 0 Å². The standard InChI is InChI=1S/C31H25B2F2NO/c1-31(2,3)24-26(35)25(32)27(36-30(24)33)21-10-6-9-19-20-13-14-22(34)23(29(20)37-28(19)21)18-12-11-16-7-4-5-8-17(16)15-18/h4-15H,32-33H2,1-3H3. The van der Waals surface area contributed by atoms with E-state index in [1.807, 2.05) is 89.3 Å². The van der Waals surface area contributed by atoms with Gasteiger partial charge in [0.25, 0.3) is 0 Å². The average molecular weight is 487 g/mol. The van der Waals surface area contributed by atoms with E-state index < -0.39 is 0 Å². The first-order valence-corrected chi connectivity index (χ1v) is 12.5. The summed E-state index contributed by atoms with van der Waals surface area (Å²) in [6.45, 7) is 5.96. The Bertz CT molecular complexity index is 1870. The molecule has 0 bridgehead atoms. The molecule has 0 atom stereocenters. The Kier molecular flexibility index (Phi) is 5.27. The number of pyridine rings is 1. The first kappa shape index (κ1) is 23.5. The van der Waals surface area contributed by atoms with Crippen molar-refractivity contribution in [3.8, 4) is 22.4 Å². The van der Waals surface area contributed by atoms with Crippen LogP contribution in [0.3, 0.4) is 0 Å². The third kappa shape index (κ3) is 3.66. The number of nitrogens with zero attached hydrogens (tertiary/aromatic N) is 1. The van der Waals surface area contributed by atoms with Crippen molar-refractivity contribution in [2.24, 2.45) is 0 Å². The van der Waals surface area contributed by atoms with Crippen LogP contribution in [0.2, 0.25) is 0 Å². The average Bonchev–Trinajstić information content (AvgIpc) is 3.24. The van der Waals surface area contributed by atoms with Crippen molar-refractivity contribution in [3.63, 3.8) is 0 Å². The molecule has 0 N–H and O–H groups in total. The van der Waals surface area contributed by atoms with Crippen molar-refractivity contribution >= 4 is 59.5 Å². The third-order valence-electron chi connectivity index (χ3n) is 7.20. The number of hydrogen-bond donors (Lipinski definition) is 0. The molecule has 2 nitrogen and oxygen atoms in total. The van der Waals surface area contributed by atoms with Gasteiger partial charge in [-0.05, 0) is 51.5 Å². The van der Waals surface area contributed by atoms with Gasteiger partial charge in [0, 0.05) is 27.5 Å². The molecule has 0 aliphatic carbocycles. The molecular formula is C31H25B2F2NO. The SMILES string of the molecule is Bc1nc(-c2cccc3c2oc2c(-c4ccc5ccccc5c4)c(F)ccc23)c(B)c(F)c1C(C)(C)C. The highest BCUT2D eigenvalue weighted by molar-refractivity contribution is 6.38. The summed E-state index contributed by atoms with van der Waals surface area (Å²) < 4.78 is 37.5. The van der Waals surface area contributed by atoms with E-state index in [0.717, 1.165) is 27.1 Å². The summed E-state index contributed by atoms with van der Waals surface area (Å²) in [4.78, 5) is 4.85. The van der Waals surface area contributed by atoms with Crippen LogP contribution in [0, 0.1) is 11.6 Å². The molecule has 0 unspecified atom stereocenters. The van der Waals surface area contributed by atoms with Gasteiger partial charge >= 0.3 is 0 Å². The van der Waals surface area contributed by atoms with Crippen molar-refractivity contribution in [1.29, 1.82) is 0 Å². The molecule has 0 radical (unpaired) electrons. The number of benzene rings is 4. The molecule has 0 saturated heterocycles. The lowest BCUT2D eigenvalue weighted by atomic mass is 9.76. The maximum Gasteiger partial charge on any atom is 0.164 e. The summed E-state index contributed by atoms with van der Waals surface area (Å²) in [5.74, 6) is -0.597. The van der Waals surface area contributed by atoms with Gasteiger partial charge in [0.1, 0.15) is 30.6 Å². The Balaban J connectivity index is 1.63. The second-order valence-corrected chi connectivity index (χ2v) is 10.8. The van der Waals surface area contributed by atoms with Crippen molar-refractivity contribution < 1.29 is 13.2 Å². The monoisotopic (exact) mass is 487 g/mol. The summed E-state index contributed by atoms with van der Waals surface area (Å²) >= 11 is 0. The fourth-order valence-electron chi connectivity index (χ4n) is 5.53. The molecule has 6 rings (SSSR count). The topological polar surface area (TPSA) is 26.0 Å². The second-order valence-electron chi connectivity index (χ2n) is 10.8. The molecular weight excluding hydrogens is 462 g/mol. The molecule has 180 valence electrons. The zero-order chi connectivity index (χ0) is 26.1. The van der Waals surface area contributed by atoms with Gasteiger partial charge in [0.15, 0.2) is 7.85 Å². The molecule has 0 aliphatic heterocycles. The zero-order valence-corrected chi connectivity index (χ0v) is 21.5. The fourth-order valence-corrected chi connectivity index (χ4v) is 5.53. The minimum absolute atomic E-state index is 0.244. The van der Waals surface area contributed by atoms with E-state index in [1.165, 1.54) is 6.07 Å². The minimum Gasteiger partial charge on any atom is -0.455 e. The van der Waals surface area contributed by atoms with Crippen molar-refractivity contribution in [1.82, 2.24) is 4.98 Å². The molecule has 37 heavy (non-hydrogen) atoms. The number of hydrogen-bond acceptors (Lipinski definition) is 2. The van der Waals surface area contributed by atoms with E-state index >= 15 is 8.78 Å². The summed E-state index contributed by atoms with van der Waals surface area (Å²) in [6.07, 6.45) is 0. The maximum absolute atomic E-state index is 15.7. The predicted molar refractivity (Wildman–Crippen MR) is 155 cm³/mol. The predicted octanol–water partition coefficient (Wildman–Crippen LogP) is 5.56. The van der Waals surface area contributed by atoms with Crippen molar-refractivity contribution in [2.45, 2.75) is 26.2 Å². The largest absolute Gasteiger partial charge is 0.455 e. The Labute approximate surface area is 216 Å². The molecule has 0 fully saturated rings. The van der Waals surface area contributed by atoms with Crippen molar-refractivity contribution in [3.05, 3.63) is 90.0 Å². The van der Waals surface area contributed by atoms with E-state index in [4.69, 9.17) is 9.40 Å². The zero-order valence-electron chi connectivity index (χ0n) is 21.5. The van der Waals surface area contributed by atoms with Gasteiger partial charge in [0.2, 0.25) is 0 Å². The summed E-state index contributed by atoms with van der Waals surface area (Å²) in [7, 11) is 3.60. The fraction of sp³-hybridized carbons (Fsp3) is 0.129. The Morgan fingerprint density at radius 3 is 2.27 bits per heavy atom. The van der Waals surface area contributed by atoms with Crippen LogP contribution in [-0.4, -0.2) is 20.7 Å². The quantitative estimate of drug-likeness (QED) is 0.299. The Hall–Kier alpha value is -3.92. The molecule has 0 spiro atoms. The summed E-state index contributed by atoms with van der Waals surface area (Å²) in [5.41, 5.74) is 4.81. The van der Waals surface area contributed by atoms with Gasteiger partial charge in [-0.1, -0.05) is 69.3 Å². The number of halogens is 2. The van der Waals surface area contributed by atoms with Gasteiger partial charge in [0.05, 0.1) is 11.3 Å². The highest BCUT2D eigenvalue weighted by atomic mass is 19.1. The Morgan fingerprint density at radius 2 is 1.51 bits per heavy atom. The number of fused-ring (bicyclic) bond motifs is 4. The molecule has 2 heterocycles. The number of aromatic nitrogens is 1. The van der Waals surface area contributed by atoms with Crippen LogP contribution in [-0.2, 0) is 5.41 Å². The minimum atomic E-state index is -0.373. The van der Waals surface area contributed by atoms with Gasteiger partial charge in [-0.15, -0.1) is 0 Å². The lowest BCUT2D eigenvalue weighted by Gasteiger charge is -2.24. The second kappa shape index (κ2) is 8.31. The number of para-hydroxylation sites is 1. The van der Waals surface area contributed by atoms with Gasteiger partial charge in [-0.2, -0.15) is 0 Å². The summed E-state index contributed by atoms with van der Waals surface area (Å²) in [5, 5.41) is 3.76. The highest BCUT2D eigenvalue weighted by Crippen LogP contribution is 2.41. The summed E-state index contributed by atoms with van der Waals surface area (Å²) in [6, 6.07) is 22.9. The van der Waals surface area contributed by atoms with Gasteiger partial charge < -0.3 is 4.42 Å². The van der Waals surface area contributed by atoms with E-state index in [-0.39, 0.29) is 17.0 Å². The highest BCUT2D eigenvalue weighted by Gasteiger charge is 2.26. The molecule has 0 amide bonds. The molecule has 6 heteroatoms. The van der Waals surface area contributed by atoms with E-state index in [0.29, 0.717) is 44.6 Å². The van der Waals surface area contributed by atoms with Gasteiger partial charge in [-0.25, -0.2) is 8.78 Å². The van der Waals surface area contributed by atoms with Crippen LogP contribution in [0.1, 0.15) is 26.3 Å². The van der Waals surface area contributed by atoms with E-state index in [1.54, 1.807) is 13.9 Å². The smallest absolute Gasteiger partial charge is 0.164 e. The molecule has 2 aromatic heterocycles. The van der Waals surface area contributed by atoms with Gasteiger partial charge in [-0.3, -0.25) is 4.98 Å². The van der Waals surface area contributed by atoms with Crippen LogP contribution < -0.4 is 11.1 Å². The molecule has 6 aromatic rings.